The van der Waals surface area contributed by atoms with Crippen LogP contribution in [0.2, 0.25) is 0 Å². The minimum Gasteiger partial charge on any atom is -0.368 e. The molecule has 0 rings (SSSR count). The lowest BCUT2D eigenvalue weighted by Crippen LogP contribution is -2.50. The predicted octanol–water partition coefficient (Wildman–Crippen LogP) is -0.0108. The van der Waals surface area contributed by atoms with Crippen molar-refractivity contribution in [1.29, 1.82) is 0 Å². The maximum atomic E-state index is 10.6. The number of carbonyl (C=O) groups is 1. The van der Waals surface area contributed by atoms with Gasteiger partial charge >= 0.3 is 0 Å². The first-order valence-corrected chi connectivity index (χ1v) is 3.15. The third-order valence-electron chi connectivity index (χ3n) is 1.75. The second-order valence-electron chi connectivity index (χ2n) is 2.23. The molecule has 54 valence electrons. The van der Waals surface area contributed by atoms with Crippen LogP contribution < -0.4 is 11.5 Å². The van der Waals surface area contributed by atoms with Crippen LogP contribution in [0.3, 0.4) is 0 Å². The molecular formula is C6H14N2O. The van der Waals surface area contributed by atoms with Crippen molar-refractivity contribution in [3.05, 3.63) is 0 Å². The Balaban J connectivity index is 4.09. The van der Waals surface area contributed by atoms with E-state index in [1.807, 2.05) is 13.8 Å². The number of hydrogen-bond donors (Lipinski definition) is 2. The fourth-order valence-electron chi connectivity index (χ4n) is 0.598. The number of carbonyl (C=O) groups excluding carboxylic acids is 1. The summed E-state index contributed by atoms with van der Waals surface area (Å²) in [5.74, 6) is -0.410. The van der Waals surface area contributed by atoms with Crippen molar-refractivity contribution < 1.29 is 4.79 Å². The molecular weight excluding hydrogens is 116 g/mol. The van der Waals surface area contributed by atoms with Gasteiger partial charge in [-0.15, -0.1) is 0 Å². The van der Waals surface area contributed by atoms with Crippen LogP contribution in [0, 0.1) is 0 Å². The molecule has 4 N–H and O–H groups in total. The molecule has 0 saturated heterocycles. The second kappa shape index (κ2) is 2.82. The lowest BCUT2D eigenvalue weighted by Gasteiger charge is -2.21. The molecule has 9 heavy (non-hydrogen) atoms. The van der Waals surface area contributed by atoms with E-state index < -0.39 is 11.4 Å². The van der Waals surface area contributed by atoms with Gasteiger partial charge in [0.05, 0.1) is 5.54 Å². The normalized spacial score (nSPS) is 11.4. The molecule has 0 aromatic rings. The summed E-state index contributed by atoms with van der Waals surface area (Å²) in [6, 6.07) is 0. The first-order chi connectivity index (χ1) is 4.06. The van der Waals surface area contributed by atoms with Gasteiger partial charge in [0.15, 0.2) is 0 Å². The summed E-state index contributed by atoms with van der Waals surface area (Å²) >= 11 is 0. The molecule has 3 nitrogen and oxygen atoms in total. The average Bonchev–Trinajstić information content (AvgIpc) is 1.86. The van der Waals surface area contributed by atoms with Crippen LogP contribution >= 0.6 is 0 Å². The lowest BCUT2D eigenvalue weighted by molar-refractivity contribution is -0.123. The van der Waals surface area contributed by atoms with Crippen molar-refractivity contribution >= 4 is 5.91 Å². The average molecular weight is 130 g/mol. The third kappa shape index (κ3) is 1.68. The molecule has 0 aliphatic carbocycles. The van der Waals surface area contributed by atoms with Crippen LogP contribution in [0.4, 0.5) is 0 Å². The maximum absolute atomic E-state index is 10.6. The minimum atomic E-state index is -0.778. The molecule has 0 unspecified atom stereocenters. The van der Waals surface area contributed by atoms with Gasteiger partial charge in [-0.05, 0) is 12.8 Å². The maximum Gasteiger partial charge on any atom is 0.237 e. The Labute approximate surface area is 55.4 Å². The van der Waals surface area contributed by atoms with Crippen LogP contribution in [0.15, 0.2) is 0 Å². The number of nitrogens with two attached hydrogens (primary N) is 2. The number of primary amides is 1. The van der Waals surface area contributed by atoms with Crippen LogP contribution in [0.1, 0.15) is 26.7 Å². The molecule has 0 aromatic heterocycles. The van der Waals surface area contributed by atoms with Crippen LogP contribution in [0.5, 0.6) is 0 Å². The zero-order valence-electron chi connectivity index (χ0n) is 5.98. The lowest BCUT2D eigenvalue weighted by atomic mass is 9.94. The van der Waals surface area contributed by atoms with E-state index in [9.17, 15) is 4.79 Å². The Kier molecular flexibility index (Phi) is 2.65. The SMILES string of the molecule is CCC(N)(CC)C(N)=O. The number of rotatable bonds is 3. The Morgan fingerprint density at radius 2 is 1.78 bits per heavy atom. The molecule has 0 fully saturated rings. The van der Waals surface area contributed by atoms with E-state index in [4.69, 9.17) is 11.5 Å². The zero-order valence-corrected chi connectivity index (χ0v) is 5.98. The monoisotopic (exact) mass is 130 g/mol. The summed E-state index contributed by atoms with van der Waals surface area (Å²) in [7, 11) is 0. The Bertz CT molecular complexity index is 108. The highest BCUT2D eigenvalue weighted by molar-refractivity contribution is 5.84. The molecule has 0 radical (unpaired) electrons. The summed E-state index contributed by atoms with van der Waals surface area (Å²) in [4.78, 5) is 10.6. The first kappa shape index (κ1) is 8.43. The smallest absolute Gasteiger partial charge is 0.237 e. The van der Waals surface area contributed by atoms with Crippen molar-refractivity contribution in [3.8, 4) is 0 Å². The molecule has 3 heteroatoms. The molecule has 0 bridgehead atoms. The Hall–Kier alpha value is -0.570. The van der Waals surface area contributed by atoms with Crippen molar-refractivity contribution in [2.75, 3.05) is 0 Å². The second-order valence-corrected chi connectivity index (χ2v) is 2.23. The van der Waals surface area contributed by atoms with Gasteiger partial charge in [-0.3, -0.25) is 4.79 Å². The van der Waals surface area contributed by atoms with Gasteiger partial charge < -0.3 is 11.5 Å². The predicted molar refractivity (Wildman–Crippen MR) is 36.7 cm³/mol. The van der Waals surface area contributed by atoms with Crippen LogP contribution in [0.25, 0.3) is 0 Å². The van der Waals surface area contributed by atoms with Crippen molar-refractivity contribution in [2.24, 2.45) is 11.5 Å². The molecule has 0 aliphatic rings. The highest BCUT2D eigenvalue weighted by Gasteiger charge is 2.26. The molecule has 0 aliphatic heterocycles. The van der Waals surface area contributed by atoms with E-state index in [0.29, 0.717) is 12.8 Å². The van der Waals surface area contributed by atoms with Gasteiger partial charge in [-0.1, -0.05) is 13.8 Å². The topological polar surface area (TPSA) is 69.1 Å². The molecule has 1 amide bonds. The van der Waals surface area contributed by atoms with Gasteiger partial charge in [-0.2, -0.15) is 0 Å². The third-order valence-corrected chi connectivity index (χ3v) is 1.75. The van der Waals surface area contributed by atoms with Crippen LogP contribution in [-0.2, 0) is 4.79 Å². The van der Waals surface area contributed by atoms with E-state index in [0.717, 1.165) is 0 Å². The largest absolute Gasteiger partial charge is 0.368 e. The fraction of sp³-hybridized carbons (Fsp3) is 0.833. The van der Waals surface area contributed by atoms with Crippen molar-refractivity contribution in [2.45, 2.75) is 32.2 Å². The van der Waals surface area contributed by atoms with Gasteiger partial charge in [-0.25, -0.2) is 0 Å². The summed E-state index contributed by atoms with van der Waals surface area (Å²) in [5, 5.41) is 0. The van der Waals surface area contributed by atoms with E-state index in [1.54, 1.807) is 0 Å². The van der Waals surface area contributed by atoms with Crippen molar-refractivity contribution in [3.63, 3.8) is 0 Å². The fourth-order valence-corrected chi connectivity index (χ4v) is 0.598. The summed E-state index contributed by atoms with van der Waals surface area (Å²) < 4.78 is 0. The van der Waals surface area contributed by atoms with Gasteiger partial charge in [0.2, 0.25) is 5.91 Å². The Morgan fingerprint density at radius 3 is 1.78 bits per heavy atom. The van der Waals surface area contributed by atoms with E-state index in [2.05, 4.69) is 0 Å². The molecule has 0 heterocycles. The molecule has 0 saturated carbocycles. The van der Waals surface area contributed by atoms with Crippen molar-refractivity contribution in [1.82, 2.24) is 0 Å². The van der Waals surface area contributed by atoms with E-state index in [-0.39, 0.29) is 0 Å². The molecule has 0 aromatic carbocycles. The quantitative estimate of drug-likeness (QED) is 0.564. The van der Waals surface area contributed by atoms with Crippen LogP contribution in [-0.4, -0.2) is 11.4 Å². The summed E-state index contributed by atoms with van der Waals surface area (Å²) in [5.41, 5.74) is 9.82. The molecule has 0 spiro atoms. The highest BCUT2D eigenvalue weighted by Crippen LogP contribution is 2.08. The van der Waals surface area contributed by atoms with E-state index >= 15 is 0 Å². The van der Waals surface area contributed by atoms with Gasteiger partial charge in [0, 0.05) is 0 Å². The van der Waals surface area contributed by atoms with E-state index in [1.165, 1.54) is 0 Å². The first-order valence-electron chi connectivity index (χ1n) is 3.15. The standard InChI is InChI=1S/C6H14N2O/c1-3-6(8,4-2)5(7)9/h3-4,8H2,1-2H3,(H2,7,9). The van der Waals surface area contributed by atoms with Gasteiger partial charge in [0.1, 0.15) is 0 Å². The molecule has 0 atom stereocenters. The minimum absolute atomic E-state index is 0.410. The highest BCUT2D eigenvalue weighted by atomic mass is 16.1. The summed E-state index contributed by atoms with van der Waals surface area (Å²) in [6.45, 7) is 3.71. The number of hydrogen-bond acceptors (Lipinski definition) is 2. The Morgan fingerprint density at radius 1 is 1.44 bits per heavy atom. The number of amides is 1. The zero-order chi connectivity index (χ0) is 7.49. The van der Waals surface area contributed by atoms with Gasteiger partial charge in [0.25, 0.3) is 0 Å². The summed E-state index contributed by atoms with van der Waals surface area (Å²) in [6.07, 6.45) is 1.22.